The maximum Gasteiger partial charge on any atom is 0.152 e. The van der Waals surface area contributed by atoms with Crippen LogP contribution in [0.5, 0.6) is 0 Å². The van der Waals surface area contributed by atoms with Crippen molar-refractivity contribution < 1.29 is 4.79 Å². The number of benzene rings is 1. The molecule has 1 aromatic carbocycles. The molecule has 5 heteroatoms. The summed E-state index contributed by atoms with van der Waals surface area (Å²) in [7, 11) is 0. The van der Waals surface area contributed by atoms with E-state index in [0.29, 0.717) is 21.3 Å². The second kappa shape index (κ2) is 4.04. The first-order valence-corrected chi connectivity index (χ1v) is 4.91. The number of rotatable bonds is 2. The van der Waals surface area contributed by atoms with Crippen molar-refractivity contribution in [2.45, 2.75) is 0 Å². The third-order valence-electron chi connectivity index (χ3n) is 1.92. The molecule has 0 radical (unpaired) electrons. The van der Waals surface area contributed by atoms with Gasteiger partial charge in [0.25, 0.3) is 0 Å². The summed E-state index contributed by atoms with van der Waals surface area (Å²) in [4.78, 5) is 10.8. The van der Waals surface area contributed by atoms with Gasteiger partial charge < -0.3 is 0 Å². The Labute approximate surface area is 96.2 Å². The van der Waals surface area contributed by atoms with Crippen molar-refractivity contribution in [1.29, 1.82) is 0 Å². The monoisotopic (exact) mass is 240 g/mol. The van der Waals surface area contributed by atoms with E-state index in [4.69, 9.17) is 23.2 Å². The zero-order valence-electron chi connectivity index (χ0n) is 7.52. The molecule has 0 unspecified atom stereocenters. The molecular weight excluding hydrogens is 235 g/mol. The fourth-order valence-electron chi connectivity index (χ4n) is 1.25. The van der Waals surface area contributed by atoms with E-state index >= 15 is 0 Å². The Kier molecular flexibility index (Phi) is 2.75. The van der Waals surface area contributed by atoms with Crippen molar-refractivity contribution >= 4 is 29.5 Å². The summed E-state index contributed by atoms with van der Waals surface area (Å²) in [5.41, 5.74) is 1.13. The van der Waals surface area contributed by atoms with E-state index in [1.807, 2.05) is 0 Å². The molecule has 0 amide bonds. The number of hydrogen-bond acceptors (Lipinski definition) is 2. The van der Waals surface area contributed by atoms with Crippen LogP contribution in [0.25, 0.3) is 5.69 Å². The molecule has 0 aliphatic rings. The highest BCUT2D eigenvalue weighted by molar-refractivity contribution is 6.31. The van der Waals surface area contributed by atoms with Crippen LogP contribution >= 0.6 is 23.2 Å². The Morgan fingerprint density at radius 2 is 2.07 bits per heavy atom. The second-order valence-electron chi connectivity index (χ2n) is 2.92. The maximum atomic E-state index is 10.8. The Morgan fingerprint density at radius 3 is 2.67 bits per heavy atom. The van der Waals surface area contributed by atoms with Crippen molar-refractivity contribution in [2.24, 2.45) is 0 Å². The molecule has 2 rings (SSSR count). The van der Waals surface area contributed by atoms with Crippen molar-refractivity contribution in [2.75, 3.05) is 0 Å². The van der Waals surface area contributed by atoms with Gasteiger partial charge in [-0.25, -0.2) is 4.68 Å². The highest BCUT2D eigenvalue weighted by Crippen LogP contribution is 2.19. The van der Waals surface area contributed by atoms with Gasteiger partial charge in [0, 0.05) is 16.8 Å². The third-order valence-corrected chi connectivity index (χ3v) is 2.35. The van der Waals surface area contributed by atoms with Crippen molar-refractivity contribution in [1.82, 2.24) is 9.78 Å². The molecule has 1 heterocycles. The summed E-state index contributed by atoms with van der Waals surface area (Å²) >= 11 is 11.6. The van der Waals surface area contributed by atoms with Gasteiger partial charge in [-0.05, 0) is 18.2 Å². The van der Waals surface area contributed by atoms with Gasteiger partial charge in [-0.1, -0.05) is 23.2 Å². The lowest BCUT2D eigenvalue weighted by molar-refractivity contribution is 0.112. The lowest BCUT2D eigenvalue weighted by Crippen LogP contribution is -1.99. The van der Waals surface area contributed by atoms with E-state index in [1.54, 1.807) is 24.4 Å². The van der Waals surface area contributed by atoms with E-state index in [-0.39, 0.29) is 0 Å². The van der Waals surface area contributed by atoms with Crippen LogP contribution in [0.3, 0.4) is 0 Å². The van der Waals surface area contributed by atoms with Gasteiger partial charge in [0.05, 0.1) is 16.9 Å². The van der Waals surface area contributed by atoms with Gasteiger partial charge in [0.2, 0.25) is 0 Å². The van der Waals surface area contributed by atoms with Crippen LogP contribution in [-0.4, -0.2) is 16.1 Å². The summed E-state index contributed by atoms with van der Waals surface area (Å²) in [5, 5.41) is 5.05. The minimum Gasteiger partial charge on any atom is -0.298 e. The first kappa shape index (κ1) is 10.2. The van der Waals surface area contributed by atoms with Crippen LogP contribution in [0.2, 0.25) is 10.0 Å². The summed E-state index contributed by atoms with van der Waals surface area (Å²) < 4.78 is 1.51. The molecule has 0 atom stereocenters. The molecule has 0 saturated carbocycles. The average Bonchev–Trinajstić information content (AvgIpc) is 2.65. The zero-order chi connectivity index (χ0) is 10.8. The number of aromatic nitrogens is 2. The molecule has 0 spiro atoms. The lowest BCUT2D eigenvalue weighted by Gasteiger charge is -2.04. The molecule has 0 N–H and O–H groups in total. The number of aldehydes is 1. The van der Waals surface area contributed by atoms with Crippen LogP contribution in [0.4, 0.5) is 0 Å². The van der Waals surface area contributed by atoms with Gasteiger partial charge in [-0.3, -0.25) is 4.79 Å². The summed E-state index contributed by atoms with van der Waals surface area (Å²) in [6, 6.07) is 4.95. The van der Waals surface area contributed by atoms with Crippen LogP contribution in [0, 0.1) is 0 Å². The van der Waals surface area contributed by atoms with Crippen molar-refractivity contribution in [3.63, 3.8) is 0 Å². The van der Waals surface area contributed by atoms with Gasteiger partial charge in [0.1, 0.15) is 0 Å². The van der Waals surface area contributed by atoms with Crippen LogP contribution in [-0.2, 0) is 0 Å². The number of halogens is 2. The van der Waals surface area contributed by atoms with E-state index in [2.05, 4.69) is 5.10 Å². The smallest absolute Gasteiger partial charge is 0.152 e. The first-order chi connectivity index (χ1) is 7.20. The van der Waals surface area contributed by atoms with Crippen molar-refractivity contribution in [3.8, 4) is 5.69 Å². The molecule has 15 heavy (non-hydrogen) atoms. The molecule has 0 bridgehead atoms. The fraction of sp³-hybridized carbons (Fsp3) is 0. The summed E-state index contributed by atoms with van der Waals surface area (Å²) in [5.74, 6) is 0. The minimum atomic E-state index is 0.506. The minimum absolute atomic E-state index is 0.506. The average molecular weight is 241 g/mol. The maximum absolute atomic E-state index is 10.8. The second-order valence-corrected chi connectivity index (χ2v) is 3.80. The van der Waals surface area contributed by atoms with Gasteiger partial charge in [0.15, 0.2) is 6.29 Å². The summed E-state index contributed by atoms with van der Waals surface area (Å²) in [6.07, 6.45) is 3.86. The number of hydrogen-bond donors (Lipinski definition) is 0. The number of carbonyl (C=O) groups is 1. The SMILES string of the molecule is O=Cc1ccc(Cl)cc1-n1cc(Cl)cn1. The molecule has 0 fully saturated rings. The standard InChI is InChI=1S/C10H6Cl2N2O/c11-8-2-1-7(6-15)10(3-8)14-5-9(12)4-13-14/h1-6H. The van der Waals surface area contributed by atoms with Crippen LogP contribution < -0.4 is 0 Å². The predicted molar refractivity (Wildman–Crippen MR) is 59.0 cm³/mol. The molecule has 0 aliphatic carbocycles. The Balaban J connectivity index is 2.59. The first-order valence-electron chi connectivity index (χ1n) is 4.16. The quantitative estimate of drug-likeness (QED) is 0.757. The molecule has 2 aromatic rings. The molecule has 76 valence electrons. The number of carbonyl (C=O) groups excluding carboxylic acids is 1. The van der Waals surface area contributed by atoms with E-state index in [9.17, 15) is 4.79 Å². The zero-order valence-corrected chi connectivity index (χ0v) is 9.03. The highest BCUT2D eigenvalue weighted by Gasteiger charge is 2.06. The number of nitrogens with zero attached hydrogens (tertiary/aromatic N) is 2. The molecule has 0 saturated heterocycles. The van der Waals surface area contributed by atoms with E-state index < -0.39 is 0 Å². The molecule has 3 nitrogen and oxygen atoms in total. The highest BCUT2D eigenvalue weighted by atomic mass is 35.5. The summed E-state index contributed by atoms with van der Waals surface area (Å²) in [6.45, 7) is 0. The van der Waals surface area contributed by atoms with Gasteiger partial charge >= 0.3 is 0 Å². The largest absolute Gasteiger partial charge is 0.298 e. The topological polar surface area (TPSA) is 34.9 Å². The molecular formula is C10H6Cl2N2O. The van der Waals surface area contributed by atoms with E-state index in [1.165, 1.54) is 10.9 Å². The normalized spacial score (nSPS) is 10.3. The Hall–Kier alpha value is -1.32. The molecule has 0 aliphatic heterocycles. The van der Waals surface area contributed by atoms with Crippen molar-refractivity contribution in [3.05, 3.63) is 46.2 Å². The Bertz CT molecular complexity index is 508. The van der Waals surface area contributed by atoms with E-state index in [0.717, 1.165) is 6.29 Å². The molecule has 1 aromatic heterocycles. The third kappa shape index (κ3) is 2.03. The van der Waals surface area contributed by atoms with Crippen LogP contribution in [0.15, 0.2) is 30.6 Å². The fourth-order valence-corrected chi connectivity index (χ4v) is 1.55. The predicted octanol–water partition coefficient (Wildman–Crippen LogP) is 2.99. The van der Waals surface area contributed by atoms with Gasteiger partial charge in [-0.2, -0.15) is 5.10 Å². The van der Waals surface area contributed by atoms with Crippen LogP contribution in [0.1, 0.15) is 10.4 Å². The van der Waals surface area contributed by atoms with Gasteiger partial charge in [-0.15, -0.1) is 0 Å². The Morgan fingerprint density at radius 1 is 1.27 bits per heavy atom. The lowest BCUT2D eigenvalue weighted by atomic mass is 10.2.